The van der Waals surface area contributed by atoms with Gasteiger partial charge in [0.2, 0.25) is 0 Å². The van der Waals surface area contributed by atoms with Crippen molar-refractivity contribution in [2.45, 2.75) is 0 Å². The van der Waals surface area contributed by atoms with E-state index >= 15 is 0 Å². The number of carboxylic acid groups (broad SMARTS) is 1. The zero-order valence-electron chi connectivity index (χ0n) is 13.0. The maximum atomic E-state index is 12.7. The van der Waals surface area contributed by atoms with Gasteiger partial charge in [0.05, 0.1) is 40.5 Å². The van der Waals surface area contributed by atoms with Gasteiger partial charge >= 0.3 is 5.97 Å². The Balaban J connectivity index is 2.50. The molecule has 132 valence electrons. The van der Waals surface area contributed by atoms with Crippen LogP contribution in [0.5, 0.6) is 11.5 Å². The Bertz CT molecular complexity index is 857. The topological polar surface area (TPSA) is 84.9 Å². The van der Waals surface area contributed by atoms with Crippen molar-refractivity contribution in [2.75, 3.05) is 19.5 Å². The van der Waals surface area contributed by atoms with Gasteiger partial charge in [0, 0.05) is 4.47 Å². The van der Waals surface area contributed by atoms with Crippen LogP contribution in [0.1, 0.15) is 20.7 Å². The van der Waals surface area contributed by atoms with Crippen molar-refractivity contribution in [1.82, 2.24) is 0 Å². The molecule has 0 heterocycles. The normalized spacial score (nSPS) is 10.3. The van der Waals surface area contributed by atoms with Gasteiger partial charge < -0.3 is 19.9 Å². The van der Waals surface area contributed by atoms with Gasteiger partial charge in [-0.05, 0) is 40.2 Å². The molecule has 2 aromatic carbocycles. The third kappa shape index (κ3) is 4.26. The Labute approximate surface area is 165 Å². The lowest BCUT2D eigenvalue weighted by molar-refractivity contribution is 0.0696. The van der Waals surface area contributed by atoms with E-state index in [0.29, 0.717) is 14.7 Å². The molecule has 2 aromatic rings. The second-order valence-electron chi connectivity index (χ2n) is 4.77. The maximum Gasteiger partial charge on any atom is 0.335 e. The van der Waals surface area contributed by atoms with Crippen LogP contribution in [-0.4, -0.2) is 31.2 Å². The molecule has 0 radical (unpaired) electrons. The molecule has 0 fully saturated rings. The number of carbonyl (C=O) groups is 2. The molecular formula is C16H12Br2ClNO5. The van der Waals surface area contributed by atoms with Crippen LogP contribution in [-0.2, 0) is 0 Å². The average Bonchev–Trinajstić information content (AvgIpc) is 2.53. The first kappa shape index (κ1) is 19.6. The molecule has 25 heavy (non-hydrogen) atoms. The second kappa shape index (κ2) is 8.07. The second-order valence-corrected chi connectivity index (χ2v) is 6.94. The molecule has 0 spiro atoms. The molecular weight excluding hydrogens is 481 g/mol. The van der Waals surface area contributed by atoms with Crippen LogP contribution in [0, 0.1) is 0 Å². The number of hydrogen-bond acceptors (Lipinski definition) is 4. The molecule has 9 heteroatoms. The summed E-state index contributed by atoms with van der Waals surface area (Å²) in [5.41, 5.74) is 0.293. The van der Waals surface area contributed by atoms with Crippen molar-refractivity contribution in [2.24, 2.45) is 0 Å². The lowest BCUT2D eigenvalue weighted by Gasteiger charge is -2.15. The van der Waals surface area contributed by atoms with Crippen molar-refractivity contribution in [3.63, 3.8) is 0 Å². The molecule has 0 atom stereocenters. The molecule has 2 N–H and O–H groups in total. The molecule has 6 nitrogen and oxygen atoms in total. The van der Waals surface area contributed by atoms with Gasteiger partial charge in [-0.15, -0.1) is 0 Å². The fourth-order valence-corrected chi connectivity index (χ4v) is 3.83. The van der Waals surface area contributed by atoms with E-state index in [1.807, 2.05) is 0 Å². The summed E-state index contributed by atoms with van der Waals surface area (Å²) in [4.78, 5) is 23.9. The highest BCUT2D eigenvalue weighted by atomic mass is 79.9. The number of ether oxygens (including phenoxy) is 2. The van der Waals surface area contributed by atoms with Crippen LogP contribution in [0.2, 0.25) is 5.02 Å². The number of halogens is 3. The van der Waals surface area contributed by atoms with Crippen molar-refractivity contribution in [3.05, 3.63) is 49.4 Å². The predicted molar refractivity (Wildman–Crippen MR) is 101 cm³/mol. The molecule has 0 aliphatic rings. The number of amides is 1. The van der Waals surface area contributed by atoms with E-state index < -0.39 is 11.9 Å². The zero-order valence-corrected chi connectivity index (χ0v) is 17.0. The van der Waals surface area contributed by atoms with Crippen molar-refractivity contribution >= 4 is 61.0 Å². The van der Waals surface area contributed by atoms with E-state index in [9.17, 15) is 9.59 Å². The van der Waals surface area contributed by atoms with E-state index in [1.54, 1.807) is 12.1 Å². The standard InChI is InChI=1S/C16H12Br2ClNO5/c1-24-13-9(5-8(17)6-10(13)18)15(21)20-12-4-7(16(22)23)3-11(19)14(12)25-2/h3-6H,1-2H3,(H,20,21)(H,22,23). The van der Waals surface area contributed by atoms with Gasteiger partial charge in [0.1, 0.15) is 5.75 Å². The predicted octanol–water partition coefficient (Wildman–Crippen LogP) is 4.83. The minimum Gasteiger partial charge on any atom is -0.495 e. The van der Waals surface area contributed by atoms with Crippen LogP contribution in [0.3, 0.4) is 0 Å². The van der Waals surface area contributed by atoms with Crippen molar-refractivity contribution in [1.29, 1.82) is 0 Å². The summed E-state index contributed by atoms with van der Waals surface area (Å²) in [6.45, 7) is 0. The summed E-state index contributed by atoms with van der Waals surface area (Å²) in [5, 5.41) is 11.8. The van der Waals surface area contributed by atoms with Crippen LogP contribution in [0.4, 0.5) is 5.69 Å². The third-order valence-electron chi connectivity index (χ3n) is 3.20. The lowest BCUT2D eigenvalue weighted by Crippen LogP contribution is -2.15. The largest absolute Gasteiger partial charge is 0.495 e. The summed E-state index contributed by atoms with van der Waals surface area (Å²) >= 11 is 12.7. The molecule has 1 amide bonds. The lowest BCUT2D eigenvalue weighted by atomic mass is 10.1. The fraction of sp³-hybridized carbons (Fsp3) is 0.125. The summed E-state index contributed by atoms with van der Waals surface area (Å²) in [6.07, 6.45) is 0. The first-order chi connectivity index (χ1) is 11.8. The number of methoxy groups -OCH3 is 2. The highest BCUT2D eigenvalue weighted by molar-refractivity contribution is 9.11. The number of aromatic carboxylic acids is 1. The molecule has 0 saturated carbocycles. The van der Waals surface area contributed by atoms with Gasteiger partial charge in [0.25, 0.3) is 5.91 Å². The number of carbonyl (C=O) groups excluding carboxylic acids is 1. The Morgan fingerprint density at radius 2 is 1.72 bits per heavy atom. The molecule has 2 rings (SSSR count). The van der Waals surface area contributed by atoms with Gasteiger partial charge in [0.15, 0.2) is 5.75 Å². The van der Waals surface area contributed by atoms with Gasteiger partial charge in [-0.2, -0.15) is 0 Å². The van der Waals surface area contributed by atoms with Crippen LogP contribution in [0.15, 0.2) is 33.2 Å². The van der Waals surface area contributed by atoms with Crippen LogP contribution < -0.4 is 14.8 Å². The van der Waals surface area contributed by atoms with E-state index in [0.717, 1.165) is 0 Å². The first-order valence-corrected chi connectivity index (χ1v) is 8.70. The van der Waals surface area contributed by atoms with Gasteiger partial charge in [-0.25, -0.2) is 4.79 Å². The number of nitrogens with one attached hydrogen (secondary N) is 1. The van der Waals surface area contributed by atoms with E-state index in [2.05, 4.69) is 37.2 Å². The number of carboxylic acids is 1. The molecule has 0 saturated heterocycles. The van der Waals surface area contributed by atoms with E-state index in [-0.39, 0.29) is 27.6 Å². The van der Waals surface area contributed by atoms with Crippen LogP contribution in [0.25, 0.3) is 0 Å². The monoisotopic (exact) mass is 491 g/mol. The summed E-state index contributed by atoms with van der Waals surface area (Å²) in [6, 6.07) is 5.82. The maximum absolute atomic E-state index is 12.7. The Hall–Kier alpha value is -1.77. The minimum absolute atomic E-state index is 0.0695. The zero-order chi connectivity index (χ0) is 18.7. The molecule has 0 aromatic heterocycles. The van der Waals surface area contributed by atoms with Gasteiger partial charge in [-0.3, -0.25) is 4.79 Å². The summed E-state index contributed by atoms with van der Waals surface area (Å²) in [7, 11) is 2.81. The highest BCUT2D eigenvalue weighted by Crippen LogP contribution is 2.37. The summed E-state index contributed by atoms with van der Waals surface area (Å²) in [5.74, 6) is -1.20. The number of benzene rings is 2. The van der Waals surface area contributed by atoms with E-state index in [4.69, 9.17) is 26.2 Å². The fourth-order valence-electron chi connectivity index (χ4n) is 2.14. The third-order valence-corrected chi connectivity index (χ3v) is 4.53. The number of anilines is 1. The SMILES string of the molecule is COc1c(Cl)cc(C(=O)O)cc1NC(=O)c1cc(Br)cc(Br)c1OC. The Morgan fingerprint density at radius 3 is 2.28 bits per heavy atom. The highest BCUT2D eigenvalue weighted by Gasteiger charge is 2.20. The quantitative estimate of drug-likeness (QED) is 0.623. The Morgan fingerprint density at radius 1 is 1.08 bits per heavy atom. The molecule has 0 bridgehead atoms. The first-order valence-electron chi connectivity index (χ1n) is 6.73. The van der Waals surface area contributed by atoms with Crippen LogP contribution >= 0.6 is 43.5 Å². The Kier molecular flexibility index (Phi) is 6.31. The number of rotatable bonds is 5. The van der Waals surface area contributed by atoms with Crippen molar-refractivity contribution in [3.8, 4) is 11.5 Å². The van der Waals surface area contributed by atoms with Gasteiger partial charge in [-0.1, -0.05) is 27.5 Å². The smallest absolute Gasteiger partial charge is 0.335 e. The minimum atomic E-state index is -1.18. The average molecular weight is 494 g/mol. The molecule has 0 aliphatic heterocycles. The molecule has 0 aliphatic carbocycles. The van der Waals surface area contributed by atoms with Crippen molar-refractivity contribution < 1.29 is 24.2 Å². The van der Waals surface area contributed by atoms with E-state index in [1.165, 1.54) is 26.4 Å². The summed E-state index contributed by atoms with van der Waals surface area (Å²) < 4.78 is 11.7. The molecule has 0 unspecified atom stereocenters. The number of hydrogen-bond donors (Lipinski definition) is 2.